The van der Waals surface area contributed by atoms with E-state index in [0.29, 0.717) is 19.5 Å². The molecule has 78 valence electrons. The zero-order chi connectivity index (χ0) is 10.4. The molecule has 3 N–H and O–H groups in total. The van der Waals surface area contributed by atoms with E-state index in [1.165, 1.54) is 6.33 Å². The van der Waals surface area contributed by atoms with Crippen molar-refractivity contribution < 1.29 is 9.90 Å². The van der Waals surface area contributed by atoms with Gasteiger partial charge in [0.05, 0.1) is 0 Å². The fourth-order valence-electron chi connectivity index (χ4n) is 1.21. The summed E-state index contributed by atoms with van der Waals surface area (Å²) in [5.74, 6) is -0.796. The maximum Gasteiger partial charge on any atom is 0.303 e. The van der Waals surface area contributed by atoms with Gasteiger partial charge in [0.25, 0.3) is 0 Å². The maximum atomic E-state index is 10.4. The first-order valence-corrected chi connectivity index (χ1v) is 4.46. The van der Waals surface area contributed by atoms with Crippen LogP contribution in [0, 0.1) is 5.92 Å². The molecule has 1 aromatic rings. The normalized spacial score (nSPS) is 12.6. The van der Waals surface area contributed by atoms with E-state index in [1.807, 2.05) is 0 Å². The molecular formula is C8H14N4O2. The van der Waals surface area contributed by atoms with Crippen molar-refractivity contribution in [2.24, 2.45) is 11.7 Å². The number of carboxylic acids is 1. The van der Waals surface area contributed by atoms with Gasteiger partial charge in [-0.1, -0.05) is 0 Å². The number of carboxylic acid groups (broad SMARTS) is 1. The lowest BCUT2D eigenvalue weighted by Gasteiger charge is -2.11. The smallest absolute Gasteiger partial charge is 0.303 e. The molecule has 0 amide bonds. The summed E-state index contributed by atoms with van der Waals surface area (Å²) in [5.41, 5.74) is 5.45. The molecule has 0 aromatic carbocycles. The zero-order valence-electron chi connectivity index (χ0n) is 7.83. The third-order valence-corrected chi connectivity index (χ3v) is 2.03. The number of hydrogen-bond donors (Lipinski definition) is 2. The summed E-state index contributed by atoms with van der Waals surface area (Å²) in [7, 11) is 0. The molecule has 0 saturated heterocycles. The van der Waals surface area contributed by atoms with Crippen LogP contribution >= 0.6 is 0 Å². The first kappa shape index (κ1) is 10.6. The Bertz CT molecular complexity index is 273. The number of aromatic nitrogens is 3. The molecule has 0 aliphatic rings. The van der Waals surface area contributed by atoms with E-state index in [1.54, 1.807) is 11.0 Å². The first-order valence-electron chi connectivity index (χ1n) is 4.46. The van der Waals surface area contributed by atoms with Crippen molar-refractivity contribution in [3.8, 4) is 0 Å². The van der Waals surface area contributed by atoms with Gasteiger partial charge < -0.3 is 10.8 Å². The number of aryl methyl sites for hydroxylation is 1. The average molecular weight is 198 g/mol. The number of nitrogens with two attached hydrogens (primary N) is 1. The van der Waals surface area contributed by atoms with Crippen LogP contribution < -0.4 is 5.73 Å². The molecule has 0 aliphatic heterocycles. The summed E-state index contributed by atoms with van der Waals surface area (Å²) < 4.78 is 1.67. The molecule has 1 aromatic heterocycles. The van der Waals surface area contributed by atoms with Gasteiger partial charge >= 0.3 is 5.97 Å². The summed E-state index contributed by atoms with van der Waals surface area (Å²) >= 11 is 0. The Morgan fingerprint density at radius 3 is 2.93 bits per heavy atom. The van der Waals surface area contributed by atoms with E-state index < -0.39 is 5.97 Å². The number of hydrogen-bond acceptors (Lipinski definition) is 4. The highest BCUT2D eigenvalue weighted by Crippen LogP contribution is 2.07. The van der Waals surface area contributed by atoms with E-state index in [-0.39, 0.29) is 12.3 Å². The fourth-order valence-corrected chi connectivity index (χ4v) is 1.21. The van der Waals surface area contributed by atoms with Crippen LogP contribution in [0.25, 0.3) is 0 Å². The number of carbonyl (C=O) groups is 1. The second-order valence-corrected chi connectivity index (χ2v) is 3.15. The lowest BCUT2D eigenvalue weighted by molar-refractivity contribution is -0.138. The minimum Gasteiger partial charge on any atom is -0.481 e. The van der Waals surface area contributed by atoms with Crippen molar-refractivity contribution in [2.45, 2.75) is 19.4 Å². The molecule has 1 rings (SSSR count). The van der Waals surface area contributed by atoms with Gasteiger partial charge in [-0.25, -0.2) is 4.98 Å². The fraction of sp³-hybridized carbons (Fsp3) is 0.625. The van der Waals surface area contributed by atoms with Gasteiger partial charge in [-0.3, -0.25) is 9.48 Å². The Hall–Kier alpha value is -1.43. The van der Waals surface area contributed by atoms with Crippen molar-refractivity contribution in [2.75, 3.05) is 6.54 Å². The predicted molar refractivity (Wildman–Crippen MR) is 49.4 cm³/mol. The summed E-state index contributed by atoms with van der Waals surface area (Å²) in [6.45, 7) is 1.05. The van der Waals surface area contributed by atoms with E-state index in [9.17, 15) is 4.79 Å². The summed E-state index contributed by atoms with van der Waals surface area (Å²) in [5, 5.41) is 12.5. The molecule has 1 atom stereocenters. The van der Waals surface area contributed by atoms with Crippen molar-refractivity contribution in [1.82, 2.24) is 14.8 Å². The number of aliphatic carboxylic acids is 1. The van der Waals surface area contributed by atoms with Crippen molar-refractivity contribution in [3.63, 3.8) is 0 Å². The molecule has 0 bridgehead atoms. The van der Waals surface area contributed by atoms with Crippen LogP contribution in [0.1, 0.15) is 12.8 Å². The van der Waals surface area contributed by atoms with Crippen LogP contribution in [0.4, 0.5) is 0 Å². The average Bonchev–Trinajstić information content (AvgIpc) is 2.64. The topological polar surface area (TPSA) is 94.0 Å². The highest BCUT2D eigenvalue weighted by atomic mass is 16.4. The van der Waals surface area contributed by atoms with Crippen molar-refractivity contribution >= 4 is 5.97 Å². The van der Waals surface area contributed by atoms with Crippen molar-refractivity contribution in [3.05, 3.63) is 12.7 Å². The molecule has 6 heteroatoms. The van der Waals surface area contributed by atoms with E-state index >= 15 is 0 Å². The van der Waals surface area contributed by atoms with Gasteiger partial charge in [-0.05, 0) is 18.9 Å². The second kappa shape index (κ2) is 5.33. The van der Waals surface area contributed by atoms with Crippen LogP contribution in [-0.4, -0.2) is 32.4 Å². The maximum absolute atomic E-state index is 10.4. The first-order chi connectivity index (χ1) is 6.72. The molecule has 1 heterocycles. The minimum absolute atomic E-state index is 0.0108. The lowest BCUT2D eigenvalue weighted by Crippen LogP contribution is -2.20. The van der Waals surface area contributed by atoms with Crippen molar-refractivity contribution in [1.29, 1.82) is 0 Å². The van der Waals surface area contributed by atoms with Crippen LogP contribution in [-0.2, 0) is 11.3 Å². The largest absolute Gasteiger partial charge is 0.481 e. The van der Waals surface area contributed by atoms with Crippen LogP contribution in [0.2, 0.25) is 0 Å². The molecule has 0 fully saturated rings. The standard InChI is InChI=1S/C8H14N4O2/c9-4-7(3-8(13)14)1-2-12-6-10-5-11-12/h5-7H,1-4,9H2,(H,13,14). The minimum atomic E-state index is -0.806. The van der Waals surface area contributed by atoms with E-state index in [2.05, 4.69) is 10.1 Å². The highest BCUT2D eigenvalue weighted by molar-refractivity contribution is 5.67. The molecule has 0 radical (unpaired) electrons. The molecular weight excluding hydrogens is 184 g/mol. The quantitative estimate of drug-likeness (QED) is 0.655. The van der Waals surface area contributed by atoms with Crippen LogP contribution in [0.3, 0.4) is 0 Å². The lowest BCUT2D eigenvalue weighted by atomic mass is 10.0. The van der Waals surface area contributed by atoms with Gasteiger partial charge in [-0.15, -0.1) is 0 Å². The molecule has 6 nitrogen and oxygen atoms in total. The Morgan fingerprint density at radius 2 is 2.43 bits per heavy atom. The molecule has 1 unspecified atom stereocenters. The second-order valence-electron chi connectivity index (χ2n) is 3.15. The summed E-state index contributed by atoms with van der Waals surface area (Å²) in [6.07, 6.45) is 3.89. The van der Waals surface area contributed by atoms with Gasteiger partial charge in [-0.2, -0.15) is 5.10 Å². The highest BCUT2D eigenvalue weighted by Gasteiger charge is 2.11. The Balaban J connectivity index is 2.30. The van der Waals surface area contributed by atoms with Gasteiger partial charge in [0.2, 0.25) is 0 Å². The van der Waals surface area contributed by atoms with Gasteiger partial charge in [0.1, 0.15) is 12.7 Å². The van der Waals surface area contributed by atoms with Gasteiger partial charge in [0.15, 0.2) is 0 Å². The number of nitrogens with zero attached hydrogens (tertiary/aromatic N) is 3. The molecule has 0 spiro atoms. The van der Waals surface area contributed by atoms with Crippen LogP contribution in [0.5, 0.6) is 0 Å². The zero-order valence-corrected chi connectivity index (χ0v) is 7.83. The Labute approximate surface area is 81.7 Å². The van der Waals surface area contributed by atoms with Crippen LogP contribution in [0.15, 0.2) is 12.7 Å². The van der Waals surface area contributed by atoms with Gasteiger partial charge in [0, 0.05) is 13.0 Å². The SMILES string of the molecule is NCC(CCn1cncn1)CC(=O)O. The predicted octanol–water partition coefficient (Wildman–Crippen LogP) is -0.282. The number of rotatable bonds is 6. The van der Waals surface area contributed by atoms with E-state index in [0.717, 1.165) is 0 Å². The Kier molecular flexibility index (Phi) is 4.06. The third kappa shape index (κ3) is 3.53. The monoisotopic (exact) mass is 198 g/mol. The Morgan fingerprint density at radius 1 is 1.64 bits per heavy atom. The molecule has 0 saturated carbocycles. The summed E-state index contributed by atoms with van der Waals surface area (Å²) in [6, 6.07) is 0. The van der Waals surface area contributed by atoms with E-state index in [4.69, 9.17) is 10.8 Å². The summed E-state index contributed by atoms with van der Waals surface area (Å²) in [4.78, 5) is 14.2. The third-order valence-electron chi connectivity index (χ3n) is 2.03. The molecule has 14 heavy (non-hydrogen) atoms. The molecule has 0 aliphatic carbocycles.